The molecule has 200 valence electrons. The van der Waals surface area contributed by atoms with Crippen molar-refractivity contribution in [2.75, 3.05) is 0 Å². The Balaban J connectivity index is 1.47. The number of Topliss-reactive ketones (excluding diaryl/α,β-unsaturated/α-hetero) is 2. The van der Waals surface area contributed by atoms with Crippen molar-refractivity contribution >= 4 is 11.6 Å². The van der Waals surface area contributed by atoms with E-state index in [4.69, 9.17) is 0 Å². The van der Waals surface area contributed by atoms with Gasteiger partial charge in [-0.25, -0.2) is 0 Å². The minimum absolute atomic E-state index is 0.0113. The van der Waals surface area contributed by atoms with E-state index in [9.17, 15) is 9.59 Å². The zero-order valence-electron chi connectivity index (χ0n) is 24.4. The Morgan fingerprint density at radius 3 is 1.95 bits per heavy atom. The lowest BCUT2D eigenvalue weighted by molar-refractivity contribution is 0.0973. The second-order valence-electron chi connectivity index (χ2n) is 11.9. The molecule has 0 N–H and O–H groups in total. The molecule has 0 saturated carbocycles. The lowest BCUT2D eigenvalue weighted by Crippen LogP contribution is -2.20. The van der Waals surface area contributed by atoms with Crippen LogP contribution in [0.3, 0.4) is 0 Å². The summed E-state index contributed by atoms with van der Waals surface area (Å²) in [5.74, 6) is -0.0368. The van der Waals surface area contributed by atoms with Gasteiger partial charge in [-0.2, -0.15) is 0 Å². The van der Waals surface area contributed by atoms with Crippen LogP contribution in [0.5, 0.6) is 0 Å². The van der Waals surface area contributed by atoms with E-state index in [1.165, 1.54) is 27.8 Å². The van der Waals surface area contributed by atoms with Crippen molar-refractivity contribution in [1.29, 1.82) is 0 Å². The minimum atomic E-state index is -0.0254. The van der Waals surface area contributed by atoms with E-state index in [2.05, 4.69) is 84.0 Å². The van der Waals surface area contributed by atoms with E-state index >= 15 is 0 Å². The van der Waals surface area contributed by atoms with Crippen molar-refractivity contribution < 1.29 is 9.59 Å². The number of fused-ring (bicyclic) bond motifs is 1. The fraction of sp³-hybridized carbons (Fsp3) is 0.389. The Kier molecular flexibility index (Phi) is 10.0. The van der Waals surface area contributed by atoms with Gasteiger partial charge in [0.25, 0.3) is 0 Å². The van der Waals surface area contributed by atoms with Crippen LogP contribution in [-0.2, 0) is 11.8 Å². The van der Waals surface area contributed by atoms with Gasteiger partial charge in [0.15, 0.2) is 11.6 Å². The largest absolute Gasteiger partial charge is 0.289 e. The van der Waals surface area contributed by atoms with Crippen molar-refractivity contribution in [1.82, 2.24) is 0 Å². The van der Waals surface area contributed by atoms with Crippen molar-refractivity contribution in [3.8, 4) is 0 Å². The van der Waals surface area contributed by atoms with Gasteiger partial charge in [0.05, 0.1) is 0 Å². The maximum absolute atomic E-state index is 12.9. The lowest BCUT2D eigenvalue weighted by atomic mass is 9.83. The third-order valence-electron chi connectivity index (χ3n) is 7.48. The molecule has 2 aromatic carbocycles. The molecule has 0 saturated heterocycles. The zero-order valence-corrected chi connectivity index (χ0v) is 24.4. The van der Waals surface area contributed by atoms with E-state index in [1.54, 1.807) is 19.1 Å². The number of benzene rings is 2. The van der Waals surface area contributed by atoms with Gasteiger partial charge in [0, 0.05) is 22.3 Å². The summed E-state index contributed by atoms with van der Waals surface area (Å²) in [5, 5.41) is 0. The van der Waals surface area contributed by atoms with Crippen LogP contribution in [0.1, 0.15) is 112 Å². The molecular formula is C36H44O2. The van der Waals surface area contributed by atoms with E-state index in [1.807, 2.05) is 12.1 Å². The standard InChI is InChI=1S/C36H44O2/c1-25(14-11-16-27(3)23-29-17-12-18-30(24-29)36(5,6)7)13-10-15-26(2)21-22-31-28(4)34(37)32-19-8-9-20-33(32)35(31)38/h8-9,12-13,16-21,24H,10-11,14-15,22-23H2,1-7H3/b25-13+,26-21+,27-16+. The SMILES string of the molecule is CC1=C(C/C=C(\C)CC/C=C(\C)CC/C=C(\C)Cc2cccc(C(C)(C)C)c2)C(=O)c2ccccc2C1=O. The Morgan fingerprint density at radius 1 is 0.737 bits per heavy atom. The van der Waals surface area contributed by atoms with E-state index in [0.717, 1.165) is 32.1 Å². The number of hydrogen-bond donors (Lipinski definition) is 0. The van der Waals surface area contributed by atoms with Crippen LogP contribution >= 0.6 is 0 Å². The third-order valence-corrected chi connectivity index (χ3v) is 7.48. The van der Waals surface area contributed by atoms with Crippen LogP contribution in [0.15, 0.2) is 94.6 Å². The van der Waals surface area contributed by atoms with Crippen molar-refractivity contribution in [2.24, 2.45) is 0 Å². The summed E-state index contributed by atoms with van der Waals surface area (Å²) in [5.41, 5.74) is 9.32. The molecule has 38 heavy (non-hydrogen) atoms. The summed E-state index contributed by atoms with van der Waals surface area (Å²) in [6.45, 7) is 15.1. The van der Waals surface area contributed by atoms with Crippen LogP contribution < -0.4 is 0 Å². The van der Waals surface area contributed by atoms with Crippen molar-refractivity contribution in [3.05, 3.63) is 117 Å². The summed E-state index contributed by atoms with van der Waals surface area (Å²) in [6, 6.07) is 16.1. The second-order valence-corrected chi connectivity index (χ2v) is 11.9. The summed E-state index contributed by atoms with van der Waals surface area (Å²) in [6.07, 6.45) is 12.4. The van der Waals surface area contributed by atoms with Crippen molar-refractivity contribution in [3.63, 3.8) is 0 Å². The van der Waals surface area contributed by atoms with Crippen molar-refractivity contribution in [2.45, 2.75) is 92.4 Å². The molecule has 0 unspecified atom stereocenters. The molecule has 3 rings (SSSR count). The summed E-state index contributed by atoms with van der Waals surface area (Å²) < 4.78 is 0. The van der Waals surface area contributed by atoms with Crippen LogP contribution in [-0.4, -0.2) is 11.6 Å². The van der Waals surface area contributed by atoms with Gasteiger partial charge >= 0.3 is 0 Å². The third kappa shape index (κ3) is 7.87. The first-order valence-electron chi connectivity index (χ1n) is 13.9. The number of allylic oxidation sites excluding steroid dienone is 8. The molecule has 2 aromatic rings. The first-order chi connectivity index (χ1) is 18.0. The van der Waals surface area contributed by atoms with Gasteiger partial charge in [0.2, 0.25) is 0 Å². The first kappa shape index (κ1) is 29.3. The average molecular weight is 509 g/mol. The highest BCUT2D eigenvalue weighted by atomic mass is 16.1. The van der Waals surface area contributed by atoms with Gasteiger partial charge in [-0.05, 0) is 82.8 Å². The monoisotopic (exact) mass is 508 g/mol. The lowest BCUT2D eigenvalue weighted by Gasteiger charge is -2.19. The second kappa shape index (κ2) is 13.0. The fourth-order valence-electron chi connectivity index (χ4n) is 4.91. The van der Waals surface area contributed by atoms with Gasteiger partial charge in [-0.15, -0.1) is 0 Å². The van der Waals surface area contributed by atoms with E-state index in [0.29, 0.717) is 28.7 Å². The highest BCUT2D eigenvalue weighted by Crippen LogP contribution is 2.29. The molecule has 0 atom stereocenters. The van der Waals surface area contributed by atoms with Gasteiger partial charge < -0.3 is 0 Å². The number of hydrogen-bond acceptors (Lipinski definition) is 2. The zero-order chi connectivity index (χ0) is 27.9. The highest BCUT2D eigenvalue weighted by Gasteiger charge is 2.28. The molecule has 0 spiro atoms. The molecule has 0 aliphatic heterocycles. The number of carbonyl (C=O) groups excluding carboxylic acids is 2. The molecule has 0 radical (unpaired) electrons. The quantitative estimate of drug-likeness (QED) is 0.299. The molecular weight excluding hydrogens is 464 g/mol. The average Bonchev–Trinajstić information content (AvgIpc) is 2.87. The molecule has 0 bridgehead atoms. The number of ketones is 2. The predicted molar refractivity (Wildman–Crippen MR) is 161 cm³/mol. The van der Waals surface area contributed by atoms with Crippen LogP contribution in [0, 0.1) is 0 Å². The highest BCUT2D eigenvalue weighted by molar-refractivity contribution is 6.26. The molecule has 1 aliphatic carbocycles. The maximum atomic E-state index is 12.9. The smallest absolute Gasteiger partial charge is 0.190 e. The molecule has 0 amide bonds. The van der Waals surface area contributed by atoms with Gasteiger partial charge in [-0.1, -0.05) is 104 Å². The Morgan fingerprint density at radius 2 is 1.32 bits per heavy atom. The molecule has 1 aliphatic rings. The topological polar surface area (TPSA) is 34.1 Å². The fourth-order valence-corrected chi connectivity index (χ4v) is 4.91. The Hall–Kier alpha value is -3.26. The first-order valence-corrected chi connectivity index (χ1v) is 13.9. The number of carbonyl (C=O) groups is 2. The maximum Gasteiger partial charge on any atom is 0.190 e. The van der Waals surface area contributed by atoms with Crippen LogP contribution in [0.25, 0.3) is 0 Å². The number of rotatable bonds is 10. The molecule has 0 fully saturated rings. The normalized spacial score (nSPS) is 15.3. The summed E-state index contributed by atoms with van der Waals surface area (Å²) in [7, 11) is 0. The van der Waals surface area contributed by atoms with Crippen LogP contribution in [0.2, 0.25) is 0 Å². The molecule has 0 aromatic heterocycles. The summed E-state index contributed by atoms with van der Waals surface area (Å²) in [4.78, 5) is 25.6. The Bertz CT molecular complexity index is 1300. The minimum Gasteiger partial charge on any atom is -0.289 e. The van der Waals surface area contributed by atoms with E-state index < -0.39 is 0 Å². The van der Waals surface area contributed by atoms with E-state index in [-0.39, 0.29) is 17.0 Å². The molecule has 0 heterocycles. The summed E-state index contributed by atoms with van der Waals surface area (Å²) >= 11 is 0. The van der Waals surface area contributed by atoms with Gasteiger partial charge in [0.1, 0.15) is 0 Å². The van der Waals surface area contributed by atoms with Gasteiger partial charge in [-0.3, -0.25) is 9.59 Å². The molecule has 2 nitrogen and oxygen atoms in total. The Labute approximate surface area is 230 Å². The molecule has 2 heteroatoms. The van der Waals surface area contributed by atoms with Crippen LogP contribution in [0.4, 0.5) is 0 Å². The predicted octanol–water partition coefficient (Wildman–Crippen LogP) is 9.71.